The Balaban J connectivity index is 2.34. The molecule has 1 atom stereocenters. The number of hydrogen-bond donors (Lipinski definition) is 1. The van der Waals surface area contributed by atoms with Crippen molar-refractivity contribution in [2.75, 3.05) is 0 Å². The van der Waals surface area contributed by atoms with Crippen molar-refractivity contribution in [3.8, 4) is 0 Å². The highest BCUT2D eigenvalue weighted by atomic mass is 16.2. The Kier molecular flexibility index (Phi) is 1.83. The molecule has 1 unspecified atom stereocenters. The van der Waals surface area contributed by atoms with Crippen molar-refractivity contribution < 1.29 is 4.79 Å². The highest BCUT2D eigenvalue weighted by molar-refractivity contribution is 5.83. The van der Waals surface area contributed by atoms with Crippen molar-refractivity contribution in [3.05, 3.63) is 34.9 Å². The zero-order valence-corrected chi connectivity index (χ0v) is 7.92. The first-order chi connectivity index (χ1) is 6.18. The Morgan fingerprint density at radius 1 is 1.31 bits per heavy atom. The van der Waals surface area contributed by atoms with E-state index in [4.69, 9.17) is 0 Å². The molecule has 1 aromatic carbocycles. The predicted molar refractivity (Wildman–Crippen MR) is 51.4 cm³/mol. The topological polar surface area (TPSA) is 29.1 Å². The van der Waals surface area contributed by atoms with Crippen LogP contribution >= 0.6 is 0 Å². The first kappa shape index (κ1) is 8.30. The van der Waals surface area contributed by atoms with Gasteiger partial charge in [-0.15, -0.1) is 0 Å². The normalized spacial score (nSPS) is 20.8. The summed E-state index contributed by atoms with van der Waals surface area (Å²) in [7, 11) is 0. The molecule has 0 aliphatic carbocycles. The van der Waals surface area contributed by atoms with Crippen molar-refractivity contribution in [2.45, 2.75) is 26.3 Å². The third-order valence-corrected chi connectivity index (χ3v) is 2.62. The fourth-order valence-electron chi connectivity index (χ4n) is 1.91. The van der Waals surface area contributed by atoms with Gasteiger partial charge in [-0.05, 0) is 30.5 Å². The molecule has 1 fully saturated rings. The molecule has 1 N–H and O–H groups in total. The minimum absolute atomic E-state index is 0.160. The summed E-state index contributed by atoms with van der Waals surface area (Å²) < 4.78 is 0. The number of aryl methyl sites for hydroxylation is 2. The van der Waals surface area contributed by atoms with Crippen LogP contribution in [0.15, 0.2) is 18.2 Å². The van der Waals surface area contributed by atoms with Gasteiger partial charge in [0.2, 0.25) is 5.91 Å². The van der Waals surface area contributed by atoms with Gasteiger partial charge in [-0.1, -0.05) is 18.2 Å². The molecule has 2 heteroatoms. The summed E-state index contributed by atoms with van der Waals surface area (Å²) in [6.45, 7) is 4.18. The molecule has 0 spiro atoms. The summed E-state index contributed by atoms with van der Waals surface area (Å²) in [5, 5.41) is 2.90. The fraction of sp³-hybridized carbons (Fsp3) is 0.364. The third kappa shape index (κ3) is 1.32. The second-order valence-electron chi connectivity index (χ2n) is 3.63. The highest BCUT2D eigenvalue weighted by Gasteiger charge is 2.28. The van der Waals surface area contributed by atoms with Crippen LogP contribution in [0.2, 0.25) is 0 Å². The van der Waals surface area contributed by atoms with Crippen LogP contribution < -0.4 is 5.32 Å². The molecule has 1 aliphatic heterocycles. The molecule has 68 valence electrons. The molecule has 1 aromatic rings. The molecule has 1 aliphatic rings. The molecule has 2 nitrogen and oxygen atoms in total. The number of carbonyl (C=O) groups excluding carboxylic acids is 1. The van der Waals surface area contributed by atoms with E-state index in [-0.39, 0.29) is 11.9 Å². The monoisotopic (exact) mass is 175 g/mol. The molecular formula is C11H13NO. The summed E-state index contributed by atoms with van der Waals surface area (Å²) in [4.78, 5) is 10.8. The van der Waals surface area contributed by atoms with E-state index in [1.54, 1.807) is 0 Å². The van der Waals surface area contributed by atoms with Gasteiger partial charge in [-0.25, -0.2) is 0 Å². The number of nitrogens with one attached hydrogen (secondary N) is 1. The van der Waals surface area contributed by atoms with Crippen molar-refractivity contribution >= 4 is 5.91 Å². The number of benzene rings is 1. The van der Waals surface area contributed by atoms with Gasteiger partial charge >= 0.3 is 0 Å². The molecule has 0 bridgehead atoms. The highest BCUT2D eigenvalue weighted by Crippen LogP contribution is 2.28. The zero-order chi connectivity index (χ0) is 9.42. The maximum Gasteiger partial charge on any atom is 0.222 e. The second kappa shape index (κ2) is 2.87. The third-order valence-electron chi connectivity index (χ3n) is 2.62. The summed E-state index contributed by atoms with van der Waals surface area (Å²) in [5.41, 5.74) is 3.83. The lowest BCUT2D eigenvalue weighted by Crippen LogP contribution is -2.42. The maximum atomic E-state index is 10.8. The van der Waals surface area contributed by atoms with Crippen molar-refractivity contribution in [1.29, 1.82) is 0 Å². The van der Waals surface area contributed by atoms with Gasteiger partial charge in [0.15, 0.2) is 0 Å². The molecule has 0 aromatic heterocycles. The van der Waals surface area contributed by atoms with Gasteiger partial charge in [0.1, 0.15) is 0 Å². The minimum Gasteiger partial charge on any atom is -0.349 e. The van der Waals surface area contributed by atoms with Crippen LogP contribution in [0, 0.1) is 13.8 Å². The Hall–Kier alpha value is -1.31. The molecular weight excluding hydrogens is 162 g/mol. The van der Waals surface area contributed by atoms with E-state index in [0.717, 1.165) is 0 Å². The molecule has 13 heavy (non-hydrogen) atoms. The van der Waals surface area contributed by atoms with Crippen LogP contribution in [0.4, 0.5) is 0 Å². The molecule has 1 amide bonds. The first-order valence-electron chi connectivity index (χ1n) is 4.54. The lowest BCUT2D eigenvalue weighted by molar-refractivity contribution is -0.128. The maximum absolute atomic E-state index is 10.8. The smallest absolute Gasteiger partial charge is 0.222 e. The van der Waals surface area contributed by atoms with Crippen LogP contribution in [0.1, 0.15) is 29.2 Å². The number of carbonyl (C=O) groups is 1. The van der Waals surface area contributed by atoms with Crippen LogP contribution in [0.5, 0.6) is 0 Å². The van der Waals surface area contributed by atoms with Crippen molar-refractivity contribution in [1.82, 2.24) is 5.32 Å². The van der Waals surface area contributed by atoms with Gasteiger partial charge in [0.05, 0.1) is 12.5 Å². The van der Waals surface area contributed by atoms with E-state index >= 15 is 0 Å². The summed E-state index contributed by atoms with van der Waals surface area (Å²) in [6, 6.07) is 6.49. The lowest BCUT2D eigenvalue weighted by atomic mass is 9.90. The van der Waals surface area contributed by atoms with Gasteiger partial charge in [0, 0.05) is 0 Å². The van der Waals surface area contributed by atoms with Crippen LogP contribution in [-0.4, -0.2) is 5.91 Å². The standard InChI is InChI=1S/C11H13NO/c1-7-4-3-5-8(2)11(7)9-6-10(13)12-9/h3-5,9H,6H2,1-2H3,(H,12,13). The van der Waals surface area contributed by atoms with Crippen LogP contribution in [0.3, 0.4) is 0 Å². The second-order valence-corrected chi connectivity index (χ2v) is 3.63. The molecule has 1 heterocycles. The van der Waals surface area contributed by atoms with Gasteiger partial charge < -0.3 is 5.32 Å². The van der Waals surface area contributed by atoms with E-state index in [1.807, 2.05) is 0 Å². The Labute approximate surface area is 78.0 Å². The molecule has 0 saturated carbocycles. The van der Waals surface area contributed by atoms with E-state index < -0.39 is 0 Å². The van der Waals surface area contributed by atoms with E-state index in [1.165, 1.54) is 16.7 Å². The van der Waals surface area contributed by atoms with E-state index in [0.29, 0.717) is 6.42 Å². The first-order valence-corrected chi connectivity index (χ1v) is 4.54. The number of hydrogen-bond acceptors (Lipinski definition) is 1. The Morgan fingerprint density at radius 3 is 2.31 bits per heavy atom. The average Bonchev–Trinajstić information content (AvgIpc) is 2.00. The lowest BCUT2D eigenvalue weighted by Gasteiger charge is -2.29. The number of β-lactam (4-membered cyclic amide) rings is 1. The Morgan fingerprint density at radius 2 is 1.85 bits per heavy atom. The van der Waals surface area contributed by atoms with Crippen LogP contribution in [-0.2, 0) is 4.79 Å². The predicted octanol–water partition coefficient (Wildman–Crippen LogP) is 1.86. The largest absolute Gasteiger partial charge is 0.349 e. The molecule has 0 radical (unpaired) electrons. The summed E-state index contributed by atoms with van der Waals surface area (Å²) >= 11 is 0. The molecule has 2 rings (SSSR count). The van der Waals surface area contributed by atoms with Crippen molar-refractivity contribution in [2.24, 2.45) is 0 Å². The van der Waals surface area contributed by atoms with Crippen molar-refractivity contribution in [3.63, 3.8) is 0 Å². The minimum atomic E-state index is 0.160. The van der Waals surface area contributed by atoms with Crippen LogP contribution in [0.25, 0.3) is 0 Å². The molecule has 1 saturated heterocycles. The fourth-order valence-corrected chi connectivity index (χ4v) is 1.91. The van der Waals surface area contributed by atoms with E-state index in [9.17, 15) is 4.79 Å². The number of amides is 1. The summed E-state index contributed by atoms with van der Waals surface area (Å²) in [5.74, 6) is 0.160. The zero-order valence-electron chi connectivity index (χ0n) is 7.92. The van der Waals surface area contributed by atoms with Gasteiger partial charge in [0.25, 0.3) is 0 Å². The Bertz CT molecular complexity index is 329. The van der Waals surface area contributed by atoms with Gasteiger partial charge in [-0.3, -0.25) is 4.79 Å². The SMILES string of the molecule is Cc1cccc(C)c1C1CC(=O)N1. The van der Waals surface area contributed by atoms with E-state index in [2.05, 4.69) is 37.4 Å². The average molecular weight is 175 g/mol. The van der Waals surface area contributed by atoms with Gasteiger partial charge in [-0.2, -0.15) is 0 Å². The summed E-state index contributed by atoms with van der Waals surface area (Å²) in [6.07, 6.45) is 0.645. The number of rotatable bonds is 1. The quantitative estimate of drug-likeness (QED) is 0.648.